The van der Waals surface area contributed by atoms with Gasteiger partial charge in [-0.15, -0.1) is 0 Å². The van der Waals surface area contributed by atoms with Gasteiger partial charge in [0.25, 0.3) is 0 Å². The normalized spacial score (nSPS) is 5.78. The third-order valence-corrected chi connectivity index (χ3v) is 0.194. The van der Waals surface area contributed by atoms with Crippen LogP contribution in [0.4, 0.5) is 4.79 Å². The second-order valence-electron chi connectivity index (χ2n) is 0.911. The van der Waals surface area contributed by atoms with Crippen molar-refractivity contribution in [3.05, 3.63) is 11.6 Å². The summed E-state index contributed by atoms with van der Waals surface area (Å²) in [6.07, 6.45) is 0. The standard InChI is InChI=1S/C3H5NO.CH4N2O/c1-3-5-4-2;2-1(3)4/h3H2,1H3;(H4,2,3,4). The molecule has 5 heteroatoms. The molecule has 52 valence electrons. The van der Waals surface area contributed by atoms with Crippen molar-refractivity contribution in [1.29, 1.82) is 0 Å². The predicted molar refractivity (Wildman–Crippen MR) is 32.0 cm³/mol. The van der Waals surface area contributed by atoms with Crippen LogP contribution in [0.25, 0.3) is 5.01 Å². The van der Waals surface area contributed by atoms with Gasteiger partial charge in [-0.2, -0.15) is 11.4 Å². The average molecular weight is 131 g/mol. The first-order valence-corrected chi connectivity index (χ1v) is 2.18. The Bertz CT molecular complexity index is 103. The zero-order valence-electron chi connectivity index (χ0n) is 5.13. The maximum Gasteiger partial charge on any atom is 0.309 e. The van der Waals surface area contributed by atoms with Gasteiger partial charge in [0, 0.05) is 0 Å². The molecular formula is C4H9N3O2. The van der Waals surface area contributed by atoms with E-state index in [2.05, 4.69) is 21.3 Å². The van der Waals surface area contributed by atoms with E-state index in [0.717, 1.165) is 0 Å². The number of carbonyl (C=O) groups excluding carboxylic acids is 1. The number of hydrogen-bond donors (Lipinski definition) is 2. The maximum absolute atomic E-state index is 9.00. The molecule has 0 aliphatic heterocycles. The Kier molecular flexibility index (Phi) is 11.4. The number of nitrogens with zero attached hydrogens (tertiary/aromatic N) is 1. The molecule has 0 aromatic carbocycles. The molecule has 0 spiro atoms. The van der Waals surface area contributed by atoms with Crippen LogP contribution >= 0.6 is 0 Å². The summed E-state index contributed by atoms with van der Waals surface area (Å²) in [7, 11) is 0. The second kappa shape index (κ2) is 9.75. The summed E-state index contributed by atoms with van der Waals surface area (Å²) < 4.78 is 0. The minimum atomic E-state index is -0.833. The first-order valence-electron chi connectivity index (χ1n) is 2.18. The van der Waals surface area contributed by atoms with Gasteiger partial charge in [0.2, 0.25) is 0 Å². The summed E-state index contributed by atoms with van der Waals surface area (Å²) >= 11 is 0. The van der Waals surface area contributed by atoms with Gasteiger partial charge in [-0.1, -0.05) is 0 Å². The molecular weight excluding hydrogens is 122 g/mol. The molecule has 0 saturated heterocycles. The van der Waals surface area contributed by atoms with Crippen molar-refractivity contribution in [3.8, 4) is 0 Å². The first-order chi connectivity index (χ1) is 4.15. The Balaban J connectivity index is 0. The fourth-order valence-electron chi connectivity index (χ4n) is 0.0645. The Labute approximate surface area is 53.4 Å². The Hall–Kier alpha value is -1.44. The van der Waals surface area contributed by atoms with Crippen molar-refractivity contribution >= 4 is 6.03 Å². The lowest BCUT2D eigenvalue weighted by Crippen LogP contribution is -2.18. The van der Waals surface area contributed by atoms with E-state index in [4.69, 9.17) is 11.4 Å². The zero-order valence-corrected chi connectivity index (χ0v) is 5.13. The lowest BCUT2D eigenvalue weighted by molar-refractivity contribution is 0.256. The molecule has 2 amide bonds. The fourth-order valence-corrected chi connectivity index (χ4v) is 0.0645. The topological polar surface area (TPSA) is 82.7 Å². The third-order valence-electron chi connectivity index (χ3n) is 0.194. The molecule has 0 fully saturated rings. The Morgan fingerprint density at radius 3 is 2.11 bits per heavy atom. The van der Waals surface area contributed by atoms with Gasteiger partial charge in [0.05, 0.1) is 0 Å². The highest BCUT2D eigenvalue weighted by molar-refractivity contribution is 5.69. The molecule has 4 N–H and O–H groups in total. The van der Waals surface area contributed by atoms with E-state index in [1.54, 1.807) is 6.92 Å². The molecule has 0 heterocycles. The molecule has 0 atom stereocenters. The number of amides is 2. The molecule has 9 heavy (non-hydrogen) atoms. The maximum atomic E-state index is 9.00. The van der Waals surface area contributed by atoms with Gasteiger partial charge in [-0.3, -0.25) is 0 Å². The lowest BCUT2D eigenvalue weighted by Gasteiger charge is -1.69. The van der Waals surface area contributed by atoms with Gasteiger partial charge in [-0.05, 0) is 11.9 Å². The van der Waals surface area contributed by atoms with Crippen LogP contribution in [-0.2, 0) is 4.84 Å². The number of rotatable bonds is 1. The lowest BCUT2D eigenvalue weighted by atomic mass is 10.9. The minimum absolute atomic E-state index is 0.490. The second-order valence-corrected chi connectivity index (χ2v) is 0.911. The number of nitrogens with two attached hydrogens (primary N) is 2. The molecule has 0 unspecified atom stereocenters. The summed E-state index contributed by atoms with van der Waals surface area (Å²) in [5, 5.41) is 2.60. The van der Waals surface area contributed by atoms with Crippen molar-refractivity contribution in [2.45, 2.75) is 6.92 Å². The largest absolute Gasteiger partial charge is 0.352 e. The SMILES string of the molecule is NC(N)=O.[C-]#[N+]OCC. The number of urea groups is 1. The van der Waals surface area contributed by atoms with Crippen molar-refractivity contribution in [1.82, 2.24) is 0 Å². The van der Waals surface area contributed by atoms with E-state index in [1.165, 1.54) is 0 Å². The quantitative estimate of drug-likeness (QED) is 0.384. The summed E-state index contributed by atoms with van der Waals surface area (Å²) in [6.45, 7) is 8.27. The Morgan fingerprint density at radius 2 is 2.11 bits per heavy atom. The van der Waals surface area contributed by atoms with Gasteiger partial charge in [0.15, 0.2) is 6.61 Å². The van der Waals surface area contributed by atoms with Gasteiger partial charge in [-0.25, -0.2) is 4.79 Å². The van der Waals surface area contributed by atoms with E-state index in [9.17, 15) is 0 Å². The van der Waals surface area contributed by atoms with E-state index in [1.807, 2.05) is 0 Å². The van der Waals surface area contributed by atoms with E-state index >= 15 is 0 Å². The smallest absolute Gasteiger partial charge is 0.309 e. The van der Waals surface area contributed by atoms with Crippen LogP contribution in [0.15, 0.2) is 0 Å². The van der Waals surface area contributed by atoms with Crippen LogP contribution in [0.5, 0.6) is 0 Å². The molecule has 0 radical (unpaired) electrons. The van der Waals surface area contributed by atoms with Crippen LogP contribution in [0.2, 0.25) is 0 Å². The van der Waals surface area contributed by atoms with Crippen molar-refractivity contribution in [3.63, 3.8) is 0 Å². The van der Waals surface area contributed by atoms with Gasteiger partial charge >= 0.3 is 6.03 Å². The first kappa shape index (κ1) is 10.5. The molecule has 0 bridgehead atoms. The van der Waals surface area contributed by atoms with Crippen molar-refractivity contribution in [2.24, 2.45) is 11.5 Å². The van der Waals surface area contributed by atoms with E-state index < -0.39 is 6.03 Å². The molecule has 5 nitrogen and oxygen atoms in total. The van der Waals surface area contributed by atoms with Crippen LogP contribution in [0.1, 0.15) is 6.92 Å². The third kappa shape index (κ3) is 435. The van der Waals surface area contributed by atoms with Crippen molar-refractivity contribution < 1.29 is 9.63 Å². The number of hydrogen-bond acceptors (Lipinski definition) is 2. The monoisotopic (exact) mass is 131 g/mol. The highest BCUT2D eigenvalue weighted by Gasteiger charge is 1.64. The van der Waals surface area contributed by atoms with E-state index in [-0.39, 0.29) is 0 Å². The van der Waals surface area contributed by atoms with Crippen LogP contribution < -0.4 is 11.5 Å². The zero-order chi connectivity index (χ0) is 7.70. The molecule has 0 aliphatic carbocycles. The molecule has 0 saturated carbocycles. The summed E-state index contributed by atoms with van der Waals surface area (Å²) in [6, 6.07) is -0.833. The molecule has 0 aliphatic rings. The van der Waals surface area contributed by atoms with E-state index in [0.29, 0.717) is 6.61 Å². The van der Waals surface area contributed by atoms with Crippen LogP contribution in [-0.4, -0.2) is 12.6 Å². The number of primary amides is 2. The van der Waals surface area contributed by atoms with Gasteiger partial charge in [0.1, 0.15) is 0 Å². The highest BCUT2D eigenvalue weighted by atomic mass is 16.6. The number of carbonyl (C=O) groups is 1. The molecule has 0 aromatic rings. The van der Waals surface area contributed by atoms with Crippen LogP contribution in [0.3, 0.4) is 0 Å². The average Bonchev–Trinajstić information content (AvgIpc) is 1.66. The molecule has 0 rings (SSSR count). The summed E-state index contributed by atoms with van der Waals surface area (Å²) in [5.41, 5.74) is 8.50. The van der Waals surface area contributed by atoms with Gasteiger partial charge < -0.3 is 11.5 Å². The minimum Gasteiger partial charge on any atom is -0.352 e. The Morgan fingerprint density at radius 1 is 1.78 bits per heavy atom. The van der Waals surface area contributed by atoms with Crippen molar-refractivity contribution in [2.75, 3.05) is 6.61 Å². The summed E-state index contributed by atoms with van der Waals surface area (Å²) in [4.78, 5) is 13.1. The summed E-state index contributed by atoms with van der Waals surface area (Å²) in [5.74, 6) is 0. The molecule has 0 aromatic heterocycles. The predicted octanol–water partition coefficient (Wildman–Crippen LogP) is -0.119. The highest BCUT2D eigenvalue weighted by Crippen LogP contribution is 1.65. The fraction of sp³-hybridized carbons (Fsp3) is 0.500. The van der Waals surface area contributed by atoms with Crippen LogP contribution in [0, 0.1) is 6.57 Å².